The predicted molar refractivity (Wildman–Crippen MR) is 125 cm³/mol. The van der Waals surface area contributed by atoms with E-state index < -0.39 is 0 Å². The Hall–Kier alpha value is -3.46. The molecule has 4 rings (SSSR count). The van der Waals surface area contributed by atoms with E-state index in [0.29, 0.717) is 0 Å². The normalized spacial score (nSPS) is 9.93. The second kappa shape index (κ2) is 11.5. The average molecular weight is 395 g/mol. The van der Waals surface area contributed by atoms with Crippen LogP contribution in [0.4, 0.5) is 0 Å². The van der Waals surface area contributed by atoms with Crippen molar-refractivity contribution in [2.45, 2.75) is 0 Å². The highest BCUT2D eigenvalue weighted by Gasteiger charge is 2.15. The molecular weight excluding hydrogens is 368 g/mol. The first-order valence-electron chi connectivity index (χ1n) is 10.0. The van der Waals surface area contributed by atoms with Crippen LogP contribution in [0.3, 0.4) is 0 Å². The molecule has 0 saturated heterocycles. The number of hydrogen-bond donors (Lipinski definition) is 2. The van der Waals surface area contributed by atoms with Crippen molar-refractivity contribution in [2.24, 2.45) is 0 Å². The maximum Gasteiger partial charge on any atom is 0.0662 e. The minimum absolute atomic E-state index is 0.125. The van der Waals surface area contributed by atoms with E-state index in [-0.39, 0.29) is 13.2 Å². The highest BCUT2D eigenvalue weighted by molar-refractivity contribution is 6.04. The third-order valence-corrected chi connectivity index (χ3v) is 4.60. The molecule has 2 nitrogen and oxygen atoms in total. The van der Waals surface area contributed by atoms with Crippen LogP contribution < -0.4 is 0 Å². The summed E-state index contributed by atoms with van der Waals surface area (Å²) in [6, 6.07) is 42.6. The second-order valence-electron chi connectivity index (χ2n) is 6.66. The standard InChI is InChI=1S/C26H20.C2H6O2/c1-5-13-21(14-6-1)25(22-15-7-2-8-16-22)26(23-17-9-3-10-18-23)24-19-11-4-12-20-24;3-1-2-4/h1-20H;3-4H,1-2H2. The molecule has 0 aromatic heterocycles. The molecule has 0 spiro atoms. The number of aliphatic hydroxyl groups excluding tert-OH is 2. The zero-order valence-electron chi connectivity index (χ0n) is 16.9. The Morgan fingerprint density at radius 3 is 0.733 bits per heavy atom. The van der Waals surface area contributed by atoms with Crippen LogP contribution in [0.15, 0.2) is 121 Å². The summed E-state index contributed by atoms with van der Waals surface area (Å²) in [7, 11) is 0. The van der Waals surface area contributed by atoms with Gasteiger partial charge in [0.1, 0.15) is 0 Å². The smallest absolute Gasteiger partial charge is 0.0662 e. The summed E-state index contributed by atoms with van der Waals surface area (Å²) in [5.41, 5.74) is 7.40. The van der Waals surface area contributed by atoms with Crippen molar-refractivity contribution in [3.63, 3.8) is 0 Å². The molecule has 0 fully saturated rings. The van der Waals surface area contributed by atoms with Gasteiger partial charge >= 0.3 is 0 Å². The van der Waals surface area contributed by atoms with Crippen LogP contribution >= 0.6 is 0 Å². The fourth-order valence-corrected chi connectivity index (χ4v) is 3.33. The molecule has 4 aromatic rings. The molecule has 0 aliphatic carbocycles. The Labute approximate surface area is 178 Å². The van der Waals surface area contributed by atoms with Crippen LogP contribution in [-0.4, -0.2) is 23.4 Å². The molecule has 0 heterocycles. The molecule has 2 heteroatoms. The van der Waals surface area contributed by atoms with Crippen LogP contribution in [0, 0.1) is 0 Å². The summed E-state index contributed by atoms with van der Waals surface area (Å²) < 4.78 is 0. The lowest BCUT2D eigenvalue weighted by molar-refractivity contribution is 0.186. The third kappa shape index (κ3) is 5.54. The maximum atomic E-state index is 7.62. The van der Waals surface area contributed by atoms with Crippen molar-refractivity contribution in [1.82, 2.24) is 0 Å². The Balaban J connectivity index is 0.000000589. The van der Waals surface area contributed by atoms with Gasteiger partial charge in [-0.15, -0.1) is 0 Å². The van der Waals surface area contributed by atoms with E-state index in [9.17, 15) is 0 Å². The van der Waals surface area contributed by atoms with E-state index in [1.54, 1.807) is 0 Å². The van der Waals surface area contributed by atoms with Gasteiger partial charge in [0.05, 0.1) is 13.2 Å². The zero-order chi connectivity index (χ0) is 21.0. The molecule has 0 atom stereocenters. The van der Waals surface area contributed by atoms with Crippen LogP contribution in [0.2, 0.25) is 0 Å². The quantitative estimate of drug-likeness (QED) is 0.429. The zero-order valence-corrected chi connectivity index (χ0v) is 16.9. The first-order chi connectivity index (χ1) is 14.8. The summed E-state index contributed by atoms with van der Waals surface area (Å²) in [6.45, 7) is -0.250. The van der Waals surface area contributed by atoms with E-state index >= 15 is 0 Å². The van der Waals surface area contributed by atoms with Crippen LogP contribution in [0.1, 0.15) is 22.3 Å². The Bertz CT molecular complexity index is 855. The van der Waals surface area contributed by atoms with Gasteiger partial charge in [-0.25, -0.2) is 0 Å². The number of benzene rings is 4. The molecule has 0 aliphatic heterocycles. The lowest BCUT2D eigenvalue weighted by Gasteiger charge is -2.18. The molecule has 0 unspecified atom stereocenters. The van der Waals surface area contributed by atoms with Gasteiger partial charge in [0, 0.05) is 0 Å². The highest BCUT2D eigenvalue weighted by Crippen LogP contribution is 2.36. The molecule has 4 aromatic carbocycles. The van der Waals surface area contributed by atoms with Gasteiger partial charge in [-0.2, -0.15) is 0 Å². The molecule has 0 aliphatic rings. The average Bonchev–Trinajstić information content (AvgIpc) is 2.85. The van der Waals surface area contributed by atoms with Crippen molar-refractivity contribution in [3.05, 3.63) is 144 Å². The Morgan fingerprint density at radius 2 is 0.567 bits per heavy atom. The van der Waals surface area contributed by atoms with Gasteiger partial charge in [-0.1, -0.05) is 121 Å². The van der Waals surface area contributed by atoms with Crippen molar-refractivity contribution in [1.29, 1.82) is 0 Å². The van der Waals surface area contributed by atoms with Crippen LogP contribution in [0.5, 0.6) is 0 Å². The first kappa shape index (κ1) is 21.3. The molecule has 0 saturated carbocycles. The van der Waals surface area contributed by atoms with E-state index in [1.807, 2.05) is 0 Å². The second-order valence-corrected chi connectivity index (χ2v) is 6.66. The fraction of sp³-hybridized carbons (Fsp3) is 0.0714. The summed E-state index contributed by atoms with van der Waals surface area (Å²) >= 11 is 0. The summed E-state index contributed by atoms with van der Waals surface area (Å²) in [6.07, 6.45) is 0. The predicted octanol–water partition coefficient (Wildman–Crippen LogP) is 5.67. The van der Waals surface area contributed by atoms with Crippen molar-refractivity contribution >= 4 is 11.1 Å². The lowest BCUT2D eigenvalue weighted by atomic mass is 9.86. The molecule has 2 N–H and O–H groups in total. The maximum absolute atomic E-state index is 7.62. The van der Waals surface area contributed by atoms with E-state index in [1.165, 1.54) is 33.4 Å². The van der Waals surface area contributed by atoms with Crippen LogP contribution in [0.25, 0.3) is 11.1 Å². The van der Waals surface area contributed by atoms with Crippen LogP contribution in [-0.2, 0) is 0 Å². The minimum atomic E-state index is -0.125. The topological polar surface area (TPSA) is 40.5 Å². The number of hydrogen-bond acceptors (Lipinski definition) is 2. The third-order valence-electron chi connectivity index (χ3n) is 4.60. The number of rotatable bonds is 5. The van der Waals surface area contributed by atoms with E-state index in [4.69, 9.17) is 10.2 Å². The molecule has 150 valence electrons. The molecule has 30 heavy (non-hydrogen) atoms. The Kier molecular flexibility index (Phi) is 8.16. The molecular formula is C28H26O2. The minimum Gasteiger partial charge on any atom is -0.394 e. The molecule has 0 amide bonds. The first-order valence-corrected chi connectivity index (χ1v) is 10.0. The summed E-state index contributed by atoms with van der Waals surface area (Å²) in [5.74, 6) is 0. The highest BCUT2D eigenvalue weighted by atomic mass is 16.3. The largest absolute Gasteiger partial charge is 0.394 e. The van der Waals surface area contributed by atoms with Gasteiger partial charge in [0.15, 0.2) is 0 Å². The summed E-state index contributed by atoms with van der Waals surface area (Å²) in [4.78, 5) is 0. The van der Waals surface area contributed by atoms with Gasteiger partial charge in [0.25, 0.3) is 0 Å². The van der Waals surface area contributed by atoms with Gasteiger partial charge in [0.2, 0.25) is 0 Å². The summed E-state index contributed by atoms with van der Waals surface area (Å²) in [5, 5.41) is 15.2. The van der Waals surface area contributed by atoms with Gasteiger partial charge in [-0.05, 0) is 33.4 Å². The number of aliphatic hydroxyl groups is 2. The van der Waals surface area contributed by atoms with Crippen molar-refractivity contribution < 1.29 is 10.2 Å². The molecule has 0 bridgehead atoms. The lowest BCUT2D eigenvalue weighted by Crippen LogP contribution is -1.97. The molecule has 0 radical (unpaired) electrons. The monoisotopic (exact) mass is 394 g/mol. The van der Waals surface area contributed by atoms with Gasteiger partial charge < -0.3 is 10.2 Å². The van der Waals surface area contributed by atoms with E-state index in [0.717, 1.165) is 0 Å². The SMILES string of the molecule is OCCO.c1ccc(C(=C(c2ccccc2)c2ccccc2)c2ccccc2)cc1. The van der Waals surface area contributed by atoms with Crippen molar-refractivity contribution in [2.75, 3.05) is 13.2 Å². The van der Waals surface area contributed by atoms with Crippen molar-refractivity contribution in [3.8, 4) is 0 Å². The van der Waals surface area contributed by atoms with E-state index in [2.05, 4.69) is 121 Å². The fourth-order valence-electron chi connectivity index (χ4n) is 3.33. The Morgan fingerprint density at radius 1 is 0.367 bits per heavy atom. The van der Waals surface area contributed by atoms with Gasteiger partial charge in [-0.3, -0.25) is 0 Å².